The van der Waals surface area contributed by atoms with Gasteiger partial charge in [0.25, 0.3) is 0 Å². The van der Waals surface area contributed by atoms with Gasteiger partial charge in [-0.05, 0) is 18.9 Å². The van der Waals surface area contributed by atoms with E-state index in [1.807, 2.05) is 30.3 Å². The molecule has 1 atom stereocenters. The van der Waals surface area contributed by atoms with Gasteiger partial charge in [-0.15, -0.1) is 0 Å². The minimum absolute atomic E-state index is 0.0358. The standard InChI is InChI=1S/C16H22N2O3/c1-13(16(20)18-9-11-21-12-10-18)17-15(19)8-7-14-5-3-2-4-6-14/h2-6,13H,7-12H2,1H3,(H,17,19)/t13-/m0/s1. The zero-order valence-corrected chi connectivity index (χ0v) is 12.4. The average molecular weight is 290 g/mol. The molecule has 1 aliphatic heterocycles. The van der Waals surface area contributed by atoms with Crippen molar-refractivity contribution in [3.8, 4) is 0 Å². The van der Waals surface area contributed by atoms with Crippen LogP contribution in [0.1, 0.15) is 18.9 Å². The van der Waals surface area contributed by atoms with Crippen LogP contribution in [-0.4, -0.2) is 49.1 Å². The molecule has 1 aromatic rings. The number of rotatable bonds is 5. The number of nitrogens with zero attached hydrogens (tertiary/aromatic N) is 1. The molecule has 5 nitrogen and oxygen atoms in total. The second-order valence-corrected chi connectivity index (χ2v) is 5.21. The van der Waals surface area contributed by atoms with Gasteiger partial charge in [-0.2, -0.15) is 0 Å². The van der Waals surface area contributed by atoms with Gasteiger partial charge < -0.3 is 15.0 Å². The molecule has 0 bridgehead atoms. The fourth-order valence-electron chi connectivity index (χ4n) is 2.34. The van der Waals surface area contributed by atoms with Crippen molar-refractivity contribution >= 4 is 11.8 Å². The van der Waals surface area contributed by atoms with Crippen LogP contribution in [0.15, 0.2) is 30.3 Å². The minimum Gasteiger partial charge on any atom is -0.378 e. The monoisotopic (exact) mass is 290 g/mol. The molecule has 1 N–H and O–H groups in total. The zero-order chi connectivity index (χ0) is 15.1. The van der Waals surface area contributed by atoms with Crippen LogP contribution in [-0.2, 0) is 20.7 Å². The maximum absolute atomic E-state index is 12.2. The largest absolute Gasteiger partial charge is 0.378 e. The first-order valence-electron chi connectivity index (χ1n) is 7.36. The summed E-state index contributed by atoms with van der Waals surface area (Å²) in [7, 11) is 0. The number of nitrogens with one attached hydrogen (secondary N) is 1. The Balaban J connectivity index is 1.74. The van der Waals surface area contributed by atoms with Gasteiger partial charge >= 0.3 is 0 Å². The zero-order valence-electron chi connectivity index (χ0n) is 12.4. The van der Waals surface area contributed by atoms with E-state index in [4.69, 9.17) is 4.74 Å². The van der Waals surface area contributed by atoms with E-state index < -0.39 is 6.04 Å². The first-order chi connectivity index (χ1) is 10.2. The van der Waals surface area contributed by atoms with Gasteiger partial charge in [0, 0.05) is 19.5 Å². The summed E-state index contributed by atoms with van der Waals surface area (Å²) in [5, 5.41) is 2.78. The Morgan fingerprint density at radius 3 is 2.57 bits per heavy atom. The SMILES string of the molecule is C[C@H](NC(=O)CCc1ccccc1)C(=O)N1CCOCC1. The second kappa shape index (κ2) is 7.78. The van der Waals surface area contributed by atoms with Gasteiger partial charge in [0.05, 0.1) is 13.2 Å². The van der Waals surface area contributed by atoms with Crippen LogP contribution in [0, 0.1) is 0 Å². The Hall–Kier alpha value is -1.88. The molecule has 0 aliphatic carbocycles. The highest BCUT2D eigenvalue weighted by Gasteiger charge is 2.23. The number of ether oxygens (including phenoxy) is 1. The van der Waals surface area contributed by atoms with Crippen molar-refractivity contribution in [2.75, 3.05) is 26.3 Å². The molecule has 2 rings (SSSR count). The number of benzene rings is 1. The molecular weight excluding hydrogens is 268 g/mol. The molecule has 114 valence electrons. The van der Waals surface area contributed by atoms with Gasteiger partial charge in [-0.1, -0.05) is 30.3 Å². The third-order valence-corrected chi connectivity index (χ3v) is 3.55. The molecule has 0 radical (unpaired) electrons. The van der Waals surface area contributed by atoms with Crippen LogP contribution in [0.4, 0.5) is 0 Å². The van der Waals surface area contributed by atoms with E-state index in [0.29, 0.717) is 39.1 Å². The minimum atomic E-state index is -0.480. The lowest BCUT2D eigenvalue weighted by Gasteiger charge is -2.29. The van der Waals surface area contributed by atoms with Crippen molar-refractivity contribution in [1.29, 1.82) is 0 Å². The van der Waals surface area contributed by atoms with Crippen LogP contribution >= 0.6 is 0 Å². The lowest BCUT2D eigenvalue weighted by Crippen LogP contribution is -2.50. The topological polar surface area (TPSA) is 58.6 Å². The van der Waals surface area contributed by atoms with Crippen LogP contribution in [0.2, 0.25) is 0 Å². The van der Waals surface area contributed by atoms with E-state index in [-0.39, 0.29) is 11.8 Å². The summed E-state index contributed by atoms with van der Waals surface area (Å²) < 4.78 is 5.22. The average Bonchev–Trinajstić information content (AvgIpc) is 2.54. The summed E-state index contributed by atoms with van der Waals surface area (Å²) in [6.07, 6.45) is 1.08. The second-order valence-electron chi connectivity index (χ2n) is 5.21. The van der Waals surface area contributed by atoms with Crippen LogP contribution < -0.4 is 5.32 Å². The number of amides is 2. The number of aryl methyl sites for hydroxylation is 1. The van der Waals surface area contributed by atoms with E-state index in [0.717, 1.165) is 5.56 Å². The molecule has 2 amide bonds. The van der Waals surface area contributed by atoms with E-state index >= 15 is 0 Å². The lowest BCUT2D eigenvalue weighted by atomic mass is 10.1. The highest BCUT2D eigenvalue weighted by molar-refractivity contribution is 5.87. The van der Waals surface area contributed by atoms with Crippen molar-refractivity contribution in [1.82, 2.24) is 10.2 Å². The molecule has 1 aromatic carbocycles. The van der Waals surface area contributed by atoms with Crippen LogP contribution in [0.25, 0.3) is 0 Å². The third-order valence-electron chi connectivity index (χ3n) is 3.55. The number of hydrogen-bond acceptors (Lipinski definition) is 3. The van der Waals surface area contributed by atoms with E-state index in [2.05, 4.69) is 5.32 Å². The highest BCUT2D eigenvalue weighted by atomic mass is 16.5. The molecular formula is C16H22N2O3. The van der Waals surface area contributed by atoms with Crippen LogP contribution in [0.3, 0.4) is 0 Å². The summed E-state index contributed by atoms with van der Waals surface area (Å²) in [5.41, 5.74) is 1.12. The van der Waals surface area contributed by atoms with Crippen LogP contribution in [0.5, 0.6) is 0 Å². The molecule has 1 saturated heterocycles. The maximum Gasteiger partial charge on any atom is 0.245 e. The molecule has 5 heteroatoms. The van der Waals surface area contributed by atoms with Gasteiger partial charge in [-0.25, -0.2) is 0 Å². The molecule has 0 saturated carbocycles. The summed E-state index contributed by atoms with van der Waals surface area (Å²) in [5.74, 6) is -0.126. The highest BCUT2D eigenvalue weighted by Crippen LogP contribution is 2.04. The maximum atomic E-state index is 12.2. The molecule has 21 heavy (non-hydrogen) atoms. The molecule has 0 unspecified atom stereocenters. The smallest absolute Gasteiger partial charge is 0.245 e. The van der Waals surface area contributed by atoms with E-state index in [1.165, 1.54) is 0 Å². The van der Waals surface area contributed by atoms with Crippen molar-refractivity contribution in [3.63, 3.8) is 0 Å². The fourth-order valence-corrected chi connectivity index (χ4v) is 2.34. The summed E-state index contributed by atoms with van der Waals surface area (Å²) in [4.78, 5) is 25.8. The molecule has 0 spiro atoms. The number of carbonyl (C=O) groups is 2. The Kier molecular flexibility index (Phi) is 5.75. The van der Waals surface area contributed by atoms with Gasteiger partial charge in [-0.3, -0.25) is 9.59 Å². The normalized spacial score (nSPS) is 16.3. The Labute approximate surface area is 125 Å². The van der Waals surface area contributed by atoms with Crippen molar-refractivity contribution in [2.45, 2.75) is 25.8 Å². The van der Waals surface area contributed by atoms with Gasteiger partial charge in [0.2, 0.25) is 11.8 Å². The summed E-state index contributed by atoms with van der Waals surface area (Å²) in [6.45, 7) is 4.07. The first-order valence-corrected chi connectivity index (χ1v) is 7.36. The van der Waals surface area contributed by atoms with E-state index in [9.17, 15) is 9.59 Å². The first kappa shape index (κ1) is 15.5. The Morgan fingerprint density at radius 1 is 1.24 bits per heavy atom. The summed E-state index contributed by atoms with van der Waals surface area (Å²) in [6, 6.07) is 9.37. The van der Waals surface area contributed by atoms with Gasteiger partial charge in [0.1, 0.15) is 6.04 Å². The fraction of sp³-hybridized carbons (Fsp3) is 0.500. The third kappa shape index (κ3) is 4.86. The van der Waals surface area contributed by atoms with Crippen molar-refractivity contribution < 1.29 is 14.3 Å². The van der Waals surface area contributed by atoms with Crippen molar-refractivity contribution in [2.24, 2.45) is 0 Å². The van der Waals surface area contributed by atoms with Gasteiger partial charge in [0.15, 0.2) is 0 Å². The number of hydrogen-bond donors (Lipinski definition) is 1. The number of carbonyl (C=O) groups excluding carboxylic acids is 2. The lowest BCUT2D eigenvalue weighted by molar-refractivity contribution is -0.139. The summed E-state index contributed by atoms with van der Waals surface area (Å²) >= 11 is 0. The molecule has 1 aliphatic rings. The predicted molar refractivity (Wildman–Crippen MR) is 79.8 cm³/mol. The van der Waals surface area contributed by atoms with Crippen molar-refractivity contribution in [3.05, 3.63) is 35.9 Å². The number of morpholine rings is 1. The molecule has 0 aromatic heterocycles. The Bertz CT molecular complexity index is 470. The molecule has 1 fully saturated rings. The van der Waals surface area contributed by atoms with E-state index in [1.54, 1.807) is 11.8 Å². The Morgan fingerprint density at radius 2 is 1.90 bits per heavy atom. The quantitative estimate of drug-likeness (QED) is 0.879. The molecule has 1 heterocycles. The predicted octanol–water partition coefficient (Wildman–Crippen LogP) is 0.983.